The molecule has 0 bridgehead atoms. The molecule has 4 aromatic rings. The summed E-state index contributed by atoms with van der Waals surface area (Å²) in [6.07, 6.45) is -0.0608. The van der Waals surface area contributed by atoms with Gasteiger partial charge in [-0.3, -0.25) is 4.79 Å². The summed E-state index contributed by atoms with van der Waals surface area (Å²) < 4.78 is 17.9. The Balaban J connectivity index is 1.59. The third kappa shape index (κ3) is 7.26. The van der Waals surface area contributed by atoms with Crippen LogP contribution in [0.5, 0.6) is 11.5 Å². The van der Waals surface area contributed by atoms with Crippen LogP contribution in [-0.4, -0.2) is 42.8 Å². The summed E-state index contributed by atoms with van der Waals surface area (Å²) in [7, 11) is 1.60. The van der Waals surface area contributed by atoms with Crippen LogP contribution in [0.2, 0.25) is 0 Å². The van der Waals surface area contributed by atoms with E-state index in [9.17, 15) is 4.79 Å². The van der Waals surface area contributed by atoms with Crippen LogP contribution in [0.15, 0.2) is 113 Å². The highest BCUT2D eigenvalue weighted by Crippen LogP contribution is 2.44. The summed E-state index contributed by atoms with van der Waals surface area (Å²) in [5.41, 5.74) is 11.5. The Morgan fingerprint density at radius 2 is 1.71 bits per heavy atom. The number of aliphatic imine (C=N–C) groups is 1. The molecule has 0 unspecified atom stereocenters. The Morgan fingerprint density at radius 3 is 2.44 bits per heavy atom. The molecule has 0 radical (unpaired) electrons. The number of aliphatic hydroxyl groups is 1. The average Bonchev–Trinajstić information content (AvgIpc) is 3.47. The molecule has 0 spiro atoms. The fourth-order valence-corrected chi connectivity index (χ4v) is 5.39. The van der Waals surface area contributed by atoms with Gasteiger partial charge in [-0.05, 0) is 52.6 Å². The van der Waals surface area contributed by atoms with E-state index < -0.39 is 11.6 Å². The van der Waals surface area contributed by atoms with Crippen LogP contribution >= 0.6 is 0 Å². The Labute approximate surface area is 261 Å². The van der Waals surface area contributed by atoms with Gasteiger partial charge in [-0.25, -0.2) is 4.99 Å². The number of hydrogen-bond acceptors (Lipinski definition) is 7. The first-order valence-electron chi connectivity index (χ1n) is 14.7. The third-order valence-electron chi connectivity index (χ3n) is 7.62. The zero-order valence-corrected chi connectivity index (χ0v) is 25.0. The molecule has 2 N–H and O–H groups in total. The lowest BCUT2D eigenvalue weighted by Gasteiger charge is -2.32. The van der Waals surface area contributed by atoms with E-state index >= 15 is 0 Å². The molecule has 0 aliphatic carbocycles. The topological polar surface area (TPSA) is 138 Å². The number of ether oxygens (including phenoxy) is 3. The Bertz CT molecular complexity index is 1670. The zero-order chi connectivity index (χ0) is 31.5. The van der Waals surface area contributed by atoms with Crippen molar-refractivity contribution < 1.29 is 24.1 Å². The van der Waals surface area contributed by atoms with Gasteiger partial charge in [0.2, 0.25) is 5.90 Å². The molecule has 0 aromatic heterocycles. The highest BCUT2D eigenvalue weighted by molar-refractivity contribution is 6.01. The number of azide groups is 1. The normalized spacial score (nSPS) is 17.0. The maximum absolute atomic E-state index is 14.6. The van der Waals surface area contributed by atoms with Gasteiger partial charge in [0.25, 0.3) is 5.91 Å². The lowest BCUT2D eigenvalue weighted by atomic mass is 9.80. The number of para-hydroxylation sites is 1. The second kappa shape index (κ2) is 14.9. The quantitative estimate of drug-likeness (QED) is 0.0776. The summed E-state index contributed by atoms with van der Waals surface area (Å²) >= 11 is 0. The van der Waals surface area contributed by atoms with Crippen molar-refractivity contribution in [3.63, 3.8) is 0 Å². The molecule has 10 heteroatoms. The monoisotopic (exact) mass is 605 g/mol. The molecule has 0 saturated heterocycles. The molecular weight excluding hydrogens is 570 g/mol. The van der Waals surface area contributed by atoms with E-state index in [1.807, 2.05) is 103 Å². The second-order valence-electron chi connectivity index (χ2n) is 10.5. The fourth-order valence-electron chi connectivity index (χ4n) is 5.39. The summed E-state index contributed by atoms with van der Waals surface area (Å²) in [5, 5.41) is 16.0. The number of carbonyl (C=O) groups is 1. The summed E-state index contributed by atoms with van der Waals surface area (Å²) in [4.78, 5) is 22.6. The van der Waals surface area contributed by atoms with E-state index in [1.165, 1.54) is 0 Å². The number of benzene rings is 4. The maximum Gasteiger partial charge on any atom is 0.252 e. The second-order valence-corrected chi connectivity index (χ2v) is 10.5. The molecule has 1 aliphatic rings. The smallest absolute Gasteiger partial charge is 0.252 e. The van der Waals surface area contributed by atoms with Gasteiger partial charge in [0, 0.05) is 42.0 Å². The van der Waals surface area contributed by atoms with E-state index in [-0.39, 0.29) is 32.0 Å². The molecule has 1 heterocycles. The van der Waals surface area contributed by atoms with Crippen LogP contribution in [0, 0.1) is 0 Å². The highest BCUT2D eigenvalue weighted by Gasteiger charge is 2.53. The van der Waals surface area contributed by atoms with Gasteiger partial charge in [-0.15, -0.1) is 0 Å². The third-order valence-corrected chi connectivity index (χ3v) is 7.62. The van der Waals surface area contributed by atoms with E-state index in [0.717, 1.165) is 16.7 Å². The predicted molar refractivity (Wildman–Crippen MR) is 171 cm³/mol. The van der Waals surface area contributed by atoms with Gasteiger partial charge in [-0.2, -0.15) is 0 Å². The number of aliphatic hydroxyl groups excluding tert-OH is 1. The average molecular weight is 606 g/mol. The van der Waals surface area contributed by atoms with Crippen molar-refractivity contribution >= 4 is 11.8 Å². The van der Waals surface area contributed by atoms with Crippen molar-refractivity contribution in [1.29, 1.82) is 0 Å². The molecule has 5 rings (SSSR count). The molecular formula is C35H35N5O5. The van der Waals surface area contributed by atoms with Crippen LogP contribution in [0.25, 0.3) is 10.4 Å². The molecule has 2 atom stereocenters. The van der Waals surface area contributed by atoms with Gasteiger partial charge in [0.05, 0.1) is 20.3 Å². The molecule has 0 fully saturated rings. The minimum atomic E-state index is -1.42. The summed E-state index contributed by atoms with van der Waals surface area (Å²) in [6.45, 7) is 0.751. The van der Waals surface area contributed by atoms with E-state index in [4.69, 9.17) is 29.8 Å². The van der Waals surface area contributed by atoms with Crippen LogP contribution < -0.4 is 14.8 Å². The lowest BCUT2D eigenvalue weighted by molar-refractivity contribution is -0.129. The van der Waals surface area contributed by atoms with Gasteiger partial charge >= 0.3 is 0 Å². The number of methoxy groups -OCH3 is 1. The predicted octanol–water partition coefficient (Wildman–Crippen LogP) is 6.08. The standard InChI is InChI=1S/C35H35N5O5/c1-43-31-15-8-6-13-28(31)23-37-34(42)35(22-25-10-3-2-4-11-25)32(30-14-7-5-12-27(30)24-38-40-36)45-33(39-35)26-16-18-29(19-17-26)44-21-9-20-41/h2-8,10-19,32,41H,9,20-24H2,1H3,(H,37,42)/t32-,35-/m1/s1. The van der Waals surface area contributed by atoms with Crippen molar-refractivity contribution in [2.75, 3.05) is 20.3 Å². The molecule has 4 aromatic carbocycles. The number of carbonyl (C=O) groups excluding carboxylic acids is 1. The minimum absolute atomic E-state index is 0.0495. The van der Waals surface area contributed by atoms with Crippen molar-refractivity contribution in [3.8, 4) is 11.5 Å². The van der Waals surface area contributed by atoms with Crippen molar-refractivity contribution in [1.82, 2.24) is 5.32 Å². The number of amides is 1. The first-order chi connectivity index (χ1) is 22.1. The van der Waals surface area contributed by atoms with Gasteiger partial charge in [-0.1, -0.05) is 77.9 Å². The van der Waals surface area contributed by atoms with Crippen LogP contribution in [0.1, 0.15) is 40.3 Å². The van der Waals surface area contributed by atoms with Crippen molar-refractivity contribution in [3.05, 3.63) is 141 Å². The fraction of sp³-hybridized carbons (Fsp3) is 0.257. The summed E-state index contributed by atoms with van der Waals surface area (Å²) in [6, 6.07) is 32.0. The van der Waals surface area contributed by atoms with Crippen molar-refractivity contribution in [2.24, 2.45) is 10.1 Å². The Hall–Kier alpha value is -5.31. The Kier molecular flexibility index (Phi) is 10.3. The van der Waals surface area contributed by atoms with E-state index in [1.54, 1.807) is 7.11 Å². The highest BCUT2D eigenvalue weighted by atomic mass is 16.5. The SMILES string of the molecule is COc1ccccc1CNC(=O)[C@]1(Cc2ccccc2)N=C(c2ccc(OCCCO)cc2)O[C@@H]1c1ccccc1CN=[N+]=[N-]. The van der Waals surface area contributed by atoms with Crippen molar-refractivity contribution in [2.45, 2.75) is 37.6 Å². The minimum Gasteiger partial charge on any atom is -0.496 e. The first-order valence-corrected chi connectivity index (χ1v) is 14.7. The van der Waals surface area contributed by atoms with E-state index in [0.29, 0.717) is 41.6 Å². The number of hydrogen-bond donors (Lipinski definition) is 2. The van der Waals surface area contributed by atoms with E-state index in [2.05, 4.69) is 15.3 Å². The zero-order valence-electron chi connectivity index (χ0n) is 25.0. The number of nitrogens with one attached hydrogen (secondary N) is 1. The molecule has 230 valence electrons. The molecule has 10 nitrogen and oxygen atoms in total. The number of nitrogens with zero attached hydrogens (tertiary/aromatic N) is 4. The first kappa shape index (κ1) is 31.1. The largest absolute Gasteiger partial charge is 0.496 e. The molecule has 1 amide bonds. The van der Waals surface area contributed by atoms with Gasteiger partial charge in [0.15, 0.2) is 11.6 Å². The molecule has 1 aliphatic heterocycles. The molecule has 45 heavy (non-hydrogen) atoms. The van der Waals surface area contributed by atoms with Crippen LogP contribution in [-0.2, 0) is 29.0 Å². The lowest BCUT2D eigenvalue weighted by Crippen LogP contribution is -2.50. The molecule has 0 saturated carbocycles. The van der Waals surface area contributed by atoms with Crippen LogP contribution in [0.3, 0.4) is 0 Å². The maximum atomic E-state index is 14.6. The van der Waals surface area contributed by atoms with Gasteiger partial charge in [0.1, 0.15) is 11.5 Å². The van der Waals surface area contributed by atoms with Gasteiger partial charge < -0.3 is 24.6 Å². The number of rotatable bonds is 14. The summed E-state index contributed by atoms with van der Waals surface area (Å²) in [5.74, 6) is 1.30. The van der Waals surface area contributed by atoms with Crippen LogP contribution in [0.4, 0.5) is 0 Å². The Morgan fingerprint density at radius 1 is 1.00 bits per heavy atom.